The predicted octanol–water partition coefficient (Wildman–Crippen LogP) is 3.83. The second-order valence-corrected chi connectivity index (χ2v) is 10.3. The van der Waals surface area contributed by atoms with Gasteiger partial charge < -0.3 is 15.0 Å². The summed E-state index contributed by atoms with van der Waals surface area (Å²) in [4.78, 5) is 27.3. The first-order valence-electron chi connectivity index (χ1n) is 11.0. The van der Waals surface area contributed by atoms with Crippen molar-refractivity contribution in [2.24, 2.45) is 0 Å². The highest BCUT2D eigenvalue weighted by atomic mass is 32.2. The summed E-state index contributed by atoms with van der Waals surface area (Å²) in [6, 6.07) is 16.5. The molecule has 9 heteroatoms. The highest BCUT2D eigenvalue weighted by Crippen LogP contribution is 2.32. The summed E-state index contributed by atoms with van der Waals surface area (Å²) in [6.07, 6.45) is 2.11. The number of amides is 2. The van der Waals surface area contributed by atoms with Gasteiger partial charge in [-0.25, -0.2) is 12.8 Å². The average Bonchev–Trinajstić information content (AvgIpc) is 2.85. The molecule has 0 aliphatic carbocycles. The molecule has 7 nitrogen and oxygen atoms in total. The Bertz CT molecular complexity index is 1390. The Kier molecular flexibility index (Phi) is 6.88. The zero-order valence-electron chi connectivity index (χ0n) is 19.3. The number of carbonyl (C=O) groups excluding carboxylic acids is 2. The van der Waals surface area contributed by atoms with Gasteiger partial charge in [0.15, 0.2) is 9.84 Å². The van der Waals surface area contributed by atoms with E-state index in [1.165, 1.54) is 30.2 Å². The maximum Gasteiger partial charge on any atom is 0.252 e. The Morgan fingerprint density at radius 2 is 1.86 bits per heavy atom. The number of methoxy groups -OCH3 is 1. The van der Waals surface area contributed by atoms with Crippen LogP contribution in [-0.4, -0.2) is 46.2 Å². The molecule has 182 valence electrons. The quantitative estimate of drug-likeness (QED) is 0.560. The molecule has 1 aliphatic heterocycles. The second kappa shape index (κ2) is 9.87. The number of piperidine rings is 1. The highest BCUT2D eigenvalue weighted by Gasteiger charge is 2.32. The van der Waals surface area contributed by atoms with Gasteiger partial charge in [0.2, 0.25) is 5.91 Å². The van der Waals surface area contributed by atoms with E-state index in [2.05, 4.69) is 5.32 Å². The molecule has 1 saturated heterocycles. The third kappa shape index (κ3) is 5.19. The van der Waals surface area contributed by atoms with Crippen LogP contribution in [0.25, 0.3) is 11.1 Å². The number of ether oxygens (including phenoxy) is 1. The standard InChI is InChI=1S/C26H25FN2O5S/c1-34-19-8-5-7-18(15-19)25(30)28-22-10-6-14-29(26(22)31)23-13-12-17(16-21(23)27)20-9-3-4-11-24(20)35(2,32)33/h3-5,7-9,11-13,15-16,22H,6,10,14H2,1-2H3,(H,28,30). The van der Waals surface area contributed by atoms with Crippen molar-refractivity contribution in [2.75, 3.05) is 24.8 Å². The van der Waals surface area contributed by atoms with Gasteiger partial charge in [-0.3, -0.25) is 9.59 Å². The van der Waals surface area contributed by atoms with Crippen molar-refractivity contribution >= 4 is 27.3 Å². The fourth-order valence-corrected chi connectivity index (χ4v) is 5.09. The molecule has 1 fully saturated rings. The molecule has 1 atom stereocenters. The van der Waals surface area contributed by atoms with Gasteiger partial charge in [0.25, 0.3) is 5.91 Å². The fraction of sp³-hybridized carbons (Fsp3) is 0.231. The number of benzene rings is 3. The lowest BCUT2D eigenvalue weighted by Gasteiger charge is -2.33. The van der Waals surface area contributed by atoms with Crippen molar-refractivity contribution in [1.82, 2.24) is 5.32 Å². The summed E-state index contributed by atoms with van der Waals surface area (Å²) in [7, 11) is -2.02. The average molecular weight is 497 g/mol. The minimum atomic E-state index is -3.52. The van der Waals surface area contributed by atoms with E-state index < -0.39 is 33.5 Å². The van der Waals surface area contributed by atoms with E-state index in [9.17, 15) is 18.0 Å². The lowest BCUT2D eigenvalue weighted by molar-refractivity contribution is -0.121. The van der Waals surface area contributed by atoms with Crippen LogP contribution in [0.15, 0.2) is 71.6 Å². The topological polar surface area (TPSA) is 92.8 Å². The molecule has 1 N–H and O–H groups in total. The van der Waals surface area contributed by atoms with E-state index in [4.69, 9.17) is 4.74 Å². The number of halogens is 1. The van der Waals surface area contributed by atoms with Crippen LogP contribution in [0.4, 0.5) is 10.1 Å². The van der Waals surface area contributed by atoms with E-state index >= 15 is 4.39 Å². The Morgan fingerprint density at radius 1 is 1.09 bits per heavy atom. The van der Waals surface area contributed by atoms with Crippen LogP contribution < -0.4 is 15.0 Å². The smallest absolute Gasteiger partial charge is 0.252 e. The number of hydrogen-bond acceptors (Lipinski definition) is 5. The number of hydrogen-bond donors (Lipinski definition) is 1. The zero-order valence-corrected chi connectivity index (χ0v) is 20.1. The maximum atomic E-state index is 15.2. The van der Waals surface area contributed by atoms with E-state index in [0.29, 0.717) is 41.8 Å². The van der Waals surface area contributed by atoms with Crippen molar-refractivity contribution in [1.29, 1.82) is 0 Å². The predicted molar refractivity (Wildman–Crippen MR) is 131 cm³/mol. The Hall–Kier alpha value is -3.72. The second-order valence-electron chi connectivity index (χ2n) is 8.32. The Morgan fingerprint density at radius 3 is 2.57 bits per heavy atom. The van der Waals surface area contributed by atoms with Crippen LogP contribution in [0.5, 0.6) is 5.75 Å². The van der Waals surface area contributed by atoms with E-state index in [0.717, 1.165) is 6.26 Å². The first kappa shape index (κ1) is 24.4. The third-order valence-corrected chi connectivity index (χ3v) is 7.07. The minimum Gasteiger partial charge on any atom is -0.497 e. The molecule has 1 heterocycles. The van der Waals surface area contributed by atoms with Gasteiger partial charge in [-0.1, -0.05) is 30.3 Å². The van der Waals surface area contributed by atoms with E-state index in [1.54, 1.807) is 48.5 Å². The molecule has 35 heavy (non-hydrogen) atoms. The lowest BCUT2D eigenvalue weighted by Crippen LogP contribution is -2.52. The van der Waals surface area contributed by atoms with Gasteiger partial charge in [0.1, 0.15) is 17.6 Å². The number of carbonyl (C=O) groups is 2. The van der Waals surface area contributed by atoms with Crippen molar-refractivity contribution in [3.05, 3.63) is 78.1 Å². The number of nitrogens with zero attached hydrogens (tertiary/aromatic N) is 1. The molecule has 1 aliphatic rings. The van der Waals surface area contributed by atoms with Gasteiger partial charge in [-0.05, 0) is 54.8 Å². The molecule has 2 amide bonds. The van der Waals surface area contributed by atoms with Crippen molar-refractivity contribution in [3.8, 4) is 16.9 Å². The number of sulfone groups is 1. The molecule has 0 aromatic heterocycles. The number of nitrogens with one attached hydrogen (secondary N) is 1. The molecular formula is C26H25FN2O5S. The molecule has 0 bridgehead atoms. The van der Waals surface area contributed by atoms with Crippen LogP contribution in [0.2, 0.25) is 0 Å². The third-order valence-electron chi connectivity index (χ3n) is 5.91. The summed E-state index contributed by atoms with van der Waals surface area (Å²) in [5.41, 5.74) is 1.21. The summed E-state index contributed by atoms with van der Waals surface area (Å²) in [5.74, 6) is -0.958. The maximum absolute atomic E-state index is 15.2. The van der Waals surface area contributed by atoms with Crippen LogP contribution in [0, 0.1) is 5.82 Å². The largest absolute Gasteiger partial charge is 0.497 e. The molecule has 0 saturated carbocycles. The summed E-state index contributed by atoms with van der Waals surface area (Å²) in [6.45, 7) is 0.306. The van der Waals surface area contributed by atoms with E-state index in [-0.39, 0.29) is 10.6 Å². The molecule has 0 radical (unpaired) electrons. The van der Waals surface area contributed by atoms with Gasteiger partial charge in [0.05, 0.1) is 17.7 Å². The number of rotatable bonds is 6. The fourth-order valence-electron chi connectivity index (χ4n) is 4.18. The van der Waals surface area contributed by atoms with Crippen LogP contribution in [0.1, 0.15) is 23.2 Å². The van der Waals surface area contributed by atoms with E-state index in [1.807, 2.05) is 0 Å². The highest BCUT2D eigenvalue weighted by molar-refractivity contribution is 7.90. The first-order chi connectivity index (χ1) is 16.7. The molecular weight excluding hydrogens is 471 g/mol. The summed E-state index contributed by atoms with van der Waals surface area (Å²) < 4.78 is 44.6. The summed E-state index contributed by atoms with van der Waals surface area (Å²) >= 11 is 0. The SMILES string of the molecule is COc1cccc(C(=O)NC2CCCN(c3ccc(-c4ccccc4S(C)(=O)=O)cc3F)C2=O)c1. The molecule has 0 spiro atoms. The normalized spacial score (nSPS) is 16.1. The van der Waals surface area contributed by atoms with Crippen molar-refractivity contribution in [3.63, 3.8) is 0 Å². The Balaban J connectivity index is 1.57. The van der Waals surface area contributed by atoms with Crippen LogP contribution >= 0.6 is 0 Å². The monoisotopic (exact) mass is 496 g/mol. The molecule has 4 rings (SSSR count). The van der Waals surface area contributed by atoms with Gasteiger partial charge >= 0.3 is 0 Å². The van der Waals surface area contributed by atoms with Crippen molar-refractivity contribution in [2.45, 2.75) is 23.8 Å². The Labute approximate surface area is 203 Å². The molecule has 1 unspecified atom stereocenters. The van der Waals surface area contributed by atoms with Gasteiger partial charge in [-0.15, -0.1) is 0 Å². The van der Waals surface area contributed by atoms with Crippen molar-refractivity contribution < 1.29 is 27.1 Å². The molecule has 3 aromatic rings. The van der Waals surface area contributed by atoms with Crippen LogP contribution in [-0.2, 0) is 14.6 Å². The molecule has 3 aromatic carbocycles. The summed E-state index contributed by atoms with van der Waals surface area (Å²) in [5, 5.41) is 2.74. The first-order valence-corrected chi connectivity index (χ1v) is 12.9. The van der Waals surface area contributed by atoms with Crippen LogP contribution in [0.3, 0.4) is 0 Å². The number of anilines is 1. The lowest BCUT2D eigenvalue weighted by atomic mass is 10.0. The zero-order chi connectivity index (χ0) is 25.2. The minimum absolute atomic E-state index is 0.0796. The van der Waals surface area contributed by atoms with Gasteiger partial charge in [0, 0.05) is 23.9 Å². The van der Waals surface area contributed by atoms with Gasteiger partial charge in [-0.2, -0.15) is 0 Å².